The molecule has 36 heavy (non-hydrogen) atoms. The Morgan fingerprint density at radius 2 is 1.61 bits per heavy atom. The lowest BCUT2D eigenvalue weighted by molar-refractivity contribution is -0.117. The summed E-state index contributed by atoms with van der Waals surface area (Å²) in [5.74, 6) is -3.16. The third kappa shape index (κ3) is 5.49. The standard InChI is InChI=1S/C23H15Cl4FN4O4/c24-13-6-5-11(9-12(13)20(33)31-16-2-1-3-17(30-16)32-22(35)36)29-21(34)19-18(23(19,26)27)10-4-7-15(28)14(25)8-10/h1-9,18-19H,(H,29,34)(H,35,36)(H2,30,31,32,33)/t18-,19+/m0/s1. The number of aromatic nitrogens is 1. The van der Waals surface area contributed by atoms with Gasteiger partial charge >= 0.3 is 6.09 Å². The van der Waals surface area contributed by atoms with E-state index in [1.807, 2.05) is 0 Å². The van der Waals surface area contributed by atoms with Gasteiger partial charge in [-0.2, -0.15) is 0 Å². The molecule has 2 atom stereocenters. The van der Waals surface area contributed by atoms with Crippen LogP contribution in [0.5, 0.6) is 0 Å². The summed E-state index contributed by atoms with van der Waals surface area (Å²) in [6.07, 6.45) is -1.31. The normalized spacial score (nSPS) is 17.7. The lowest BCUT2D eigenvalue weighted by Gasteiger charge is -2.10. The van der Waals surface area contributed by atoms with Gasteiger partial charge in [-0.25, -0.2) is 14.2 Å². The van der Waals surface area contributed by atoms with E-state index in [9.17, 15) is 18.8 Å². The monoisotopic (exact) mass is 570 g/mol. The maximum atomic E-state index is 13.5. The molecule has 0 saturated heterocycles. The number of halogens is 5. The number of benzene rings is 2. The van der Waals surface area contributed by atoms with Crippen molar-refractivity contribution >= 4 is 81.6 Å². The van der Waals surface area contributed by atoms with E-state index in [0.29, 0.717) is 5.56 Å². The lowest BCUT2D eigenvalue weighted by atomic mass is 10.1. The van der Waals surface area contributed by atoms with Crippen LogP contribution in [-0.4, -0.2) is 32.3 Å². The Labute approximate surface area is 223 Å². The summed E-state index contributed by atoms with van der Waals surface area (Å²) < 4.78 is 12.1. The Hall–Kier alpha value is -3.11. The van der Waals surface area contributed by atoms with Gasteiger partial charge in [-0.1, -0.05) is 35.3 Å². The van der Waals surface area contributed by atoms with Gasteiger partial charge in [0.25, 0.3) is 5.91 Å². The predicted octanol–water partition coefficient (Wildman–Crippen LogP) is 6.40. The van der Waals surface area contributed by atoms with Crippen LogP contribution in [0.4, 0.5) is 26.5 Å². The predicted molar refractivity (Wildman–Crippen MR) is 136 cm³/mol. The fraction of sp³-hybridized carbons (Fsp3) is 0.130. The molecule has 8 nitrogen and oxygen atoms in total. The van der Waals surface area contributed by atoms with Gasteiger partial charge in [0.15, 0.2) is 0 Å². The molecule has 3 amide bonds. The van der Waals surface area contributed by atoms with E-state index in [0.717, 1.165) is 0 Å². The Balaban J connectivity index is 1.48. The van der Waals surface area contributed by atoms with Crippen LogP contribution >= 0.6 is 46.4 Å². The average Bonchev–Trinajstić information content (AvgIpc) is 3.38. The van der Waals surface area contributed by atoms with Crippen LogP contribution in [0, 0.1) is 11.7 Å². The summed E-state index contributed by atoms with van der Waals surface area (Å²) in [5.41, 5.74) is 0.777. The Kier molecular flexibility index (Phi) is 7.28. The summed E-state index contributed by atoms with van der Waals surface area (Å²) in [6.45, 7) is 0. The van der Waals surface area contributed by atoms with Gasteiger partial charge in [0.2, 0.25) is 5.91 Å². The van der Waals surface area contributed by atoms with Crippen LogP contribution in [0.25, 0.3) is 0 Å². The first kappa shape index (κ1) is 26.0. The second-order valence-electron chi connectivity index (χ2n) is 7.78. The zero-order chi connectivity index (χ0) is 26.2. The van der Waals surface area contributed by atoms with E-state index in [4.69, 9.17) is 51.5 Å². The number of rotatable bonds is 6. The zero-order valence-electron chi connectivity index (χ0n) is 17.9. The van der Waals surface area contributed by atoms with Crippen molar-refractivity contribution in [2.75, 3.05) is 16.0 Å². The first-order valence-electron chi connectivity index (χ1n) is 10.2. The quantitative estimate of drug-likeness (QED) is 0.255. The Morgan fingerprint density at radius 1 is 0.917 bits per heavy atom. The third-order valence-corrected chi connectivity index (χ3v) is 6.90. The molecule has 1 saturated carbocycles. The van der Waals surface area contributed by atoms with E-state index in [1.165, 1.54) is 54.6 Å². The number of alkyl halides is 2. The molecule has 0 bridgehead atoms. The number of nitrogens with zero attached hydrogens (tertiary/aromatic N) is 1. The van der Waals surface area contributed by atoms with Crippen LogP contribution in [0.15, 0.2) is 54.6 Å². The number of carbonyl (C=O) groups is 3. The van der Waals surface area contributed by atoms with Gasteiger partial charge in [0, 0.05) is 11.6 Å². The maximum absolute atomic E-state index is 13.5. The molecular formula is C23H15Cl4FN4O4. The zero-order valence-corrected chi connectivity index (χ0v) is 20.9. The molecule has 13 heteroatoms. The molecule has 2 aromatic carbocycles. The number of hydrogen-bond donors (Lipinski definition) is 4. The van der Waals surface area contributed by atoms with E-state index < -0.39 is 39.9 Å². The van der Waals surface area contributed by atoms with Gasteiger partial charge in [-0.15, -0.1) is 23.2 Å². The van der Waals surface area contributed by atoms with Crippen molar-refractivity contribution in [2.45, 2.75) is 10.3 Å². The molecule has 1 aliphatic carbocycles. The molecule has 4 N–H and O–H groups in total. The number of anilines is 3. The van der Waals surface area contributed by atoms with Crippen molar-refractivity contribution in [3.05, 3.63) is 81.6 Å². The summed E-state index contributed by atoms with van der Waals surface area (Å²) in [6, 6.07) is 12.6. The number of carboxylic acid groups (broad SMARTS) is 1. The fourth-order valence-corrected chi connectivity index (χ4v) is 4.86. The SMILES string of the molecule is O=C(O)Nc1cccc(NC(=O)c2cc(NC(=O)[C@H]3[C@H](c4ccc(F)c(Cl)c4)C3(Cl)Cl)ccc2Cl)n1. The highest BCUT2D eigenvalue weighted by molar-refractivity contribution is 6.53. The van der Waals surface area contributed by atoms with Crippen LogP contribution in [0.2, 0.25) is 10.0 Å². The molecule has 1 aromatic heterocycles. The highest BCUT2D eigenvalue weighted by atomic mass is 35.5. The van der Waals surface area contributed by atoms with E-state index in [-0.39, 0.29) is 32.9 Å². The molecule has 1 fully saturated rings. The molecule has 4 rings (SSSR count). The number of amides is 3. The summed E-state index contributed by atoms with van der Waals surface area (Å²) in [5, 5.41) is 16.0. The van der Waals surface area contributed by atoms with E-state index in [1.54, 1.807) is 0 Å². The van der Waals surface area contributed by atoms with Crippen LogP contribution in [0.3, 0.4) is 0 Å². The van der Waals surface area contributed by atoms with Gasteiger partial charge in [-0.05, 0) is 48.0 Å². The van der Waals surface area contributed by atoms with Crippen molar-refractivity contribution in [3.8, 4) is 0 Å². The van der Waals surface area contributed by atoms with Gasteiger partial charge in [0.1, 0.15) is 21.8 Å². The topological polar surface area (TPSA) is 120 Å². The minimum absolute atomic E-state index is 0.0134. The minimum atomic E-state index is -1.43. The summed E-state index contributed by atoms with van der Waals surface area (Å²) in [7, 11) is 0. The van der Waals surface area contributed by atoms with Crippen molar-refractivity contribution < 1.29 is 23.9 Å². The molecule has 1 aliphatic rings. The second kappa shape index (κ2) is 10.1. The number of hydrogen-bond acceptors (Lipinski definition) is 4. The highest BCUT2D eigenvalue weighted by Crippen LogP contribution is 2.65. The molecule has 0 unspecified atom stereocenters. The van der Waals surface area contributed by atoms with Crippen LogP contribution in [-0.2, 0) is 4.79 Å². The molecule has 0 spiro atoms. The lowest BCUT2D eigenvalue weighted by Crippen LogP contribution is -2.18. The number of pyridine rings is 1. The smallest absolute Gasteiger partial charge is 0.410 e. The van der Waals surface area contributed by atoms with Gasteiger partial charge < -0.3 is 15.7 Å². The first-order valence-corrected chi connectivity index (χ1v) is 11.7. The number of carbonyl (C=O) groups excluding carboxylic acids is 2. The highest BCUT2D eigenvalue weighted by Gasteiger charge is 2.67. The van der Waals surface area contributed by atoms with E-state index >= 15 is 0 Å². The molecular weight excluding hydrogens is 557 g/mol. The van der Waals surface area contributed by atoms with Crippen molar-refractivity contribution in [3.63, 3.8) is 0 Å². The first-order chi connectivity index (χ1) is 17.0. The van der Waals surface area contributed by atoms with Crippen LogP contribution < -0.4 is 16.0 Å². The average molecular weight is 572 g/mol. The summed E-state index contributed by atoms with van der Waals surface area (Å²) in [4.78, 5) is 40.5. The van der Waals surface area contributed by atoms with Crippen molar-refractivity contribution in [2.24, 2.45) is 5.92 Å². The molecule has 1 heterocycles. The van der Waals surface area contributed by atoms with E-state index in [2.05, 4.69) is 20.9 Å². The fourth-order valence-electron chi connectivity index (χ4n) is 3.64. The Bertz CT molecular complexity index is 1390. The van der Waals surface area contributed by atoms with Crippen LogP contribution in [0.1, 0.15) is 21.8 Å². The minimum Gasteiger partial charge on any atom is -0.465 e. The second-order valence-corrected chi connectivity index (χ2v) is 10.0. The third-order valence-electron chi connectivity index (χ3n) is 5.34. The van der Waals surface area contributed by atoms with Gasteiger partial charge in [-0.3, -0.25) is 14.9 Å². The van der Waals surface area contributed by atoms with Gasteiger partial charge in [0.05, 0.1) is 21.5 Å². The Morgan fingerprint density at radius 3 is 2.28 bits per heavy atom. The molecule has 0 radical (unpaired) electrons. The number of nitrogens with one attached hydrogen (secondary N) is 3. The molecule has 186 valence electrons. The van der Waals surface area contributed by atoms with Crippen molar-refractivity contribution in [1.29, 1.82) is 0 Å². The molecule has 0 aliphatic heterocycles. The molecule has 3 aromatic rings. The largest absolute Gasteiger partial charge is 0.465 e. The van der Waals surface area contributed by atoms with Crippen molar-refractivity contribution in [1.82, 2.24) is 4.98 Å². The maximum Gasteiger partial charge on any atom is 0.410 e. The summed E-state index contributed by atoms with van der Waals surface area (Å²) >= 11 is 24.7.